The summed E-state index contributed by atoms with van der Waals surface area (Å²) in [7, 11) is 0. The smallest absolute Gasteiger partial charge is 0.320 e. The zero-order valence-corrected chi connectivity index (χ0v) is 16.2. The lowest BCUT2D eigenvalue weighted by atomic mass is 9.93. The molecule has 3 aliphatic rings. The molecule has 0 radical (unpaired) electrons. The molecule has 0 saturated carbocycles. The lowest BCUT2D eigenvalue weighted by molar-refractivity contribution is -0.138. The number of aliphatic imine (C=N–C) groups is 2. The van der Waals surface area contributed by atoms with Crippen LogP contribution in [0.5, 0.6) is 0 Å². The molecule has 0 fully saturated rings. The van der Waals surface area contributed by atoms with E-state index in [4.69, 9.17) is 27.4 Å². The van der Waals surface area contributed by atoms with Gasteiger partial charge in [0.2, 0.25) is 0 Å². The van der Waals surface area contributed by atoms with Crippen LogP contribution in [0.15, 0.2) is 45.0 Å². The first-order valence-electron chi connectivity index (χ1n) is 8.10. The molecular weight excluding hydrogens is 378 g/mol. The van der Waals surface area contributed by atoms with Crippen LogP contribution < -0.4 is 5.73 Å². The van der Waals surface area contributed by atoms with E-state index in [1.807, 2.05) is 12.2 Å². The van der Waals surface area contributed by atoms with E-state index >= 15 is 0 Å². The molecule has 0 aromatic heterocycles. The minimum absolute atomic E-state index is 0.123. The predicted molar refractivity (Wildman–Crippen MR) is 108 cm³/mol. The molecule has 3 N–H and O–H groups in total. The molecular formula is C17H20ClN3O2S2. The van der Waals surface area contributed by atoms with E-state index in [0.717, 1.165) is 33.0 Å². The van der Waals surface area contributed by atoms with E-state index in [1.54, 1.807) is 23.5 Å². The summed E-state index contributed by atoms with van der Waals surface area (Å²) in [4.78, 5) is 20.3. The number of carboxylic acid groups (broad SMARTS) is 1. The molecule has 4 atom stereocenters. The highest BCUT2D eigenvalue weighted by Crippen LogP contribution is 2.38. The first kappa shape index (κ1) is 18.8. The standard InChI is InChI=1S/C17H20ClN3O2S2/c1-9-2-4-11(20-13(9)7-12(19)16(22)23)8-24-17-21-14-6-10(18)3-5-15(14)25-17/h3-6,9,12,14-15H,2,7-8,19H2,1H3,(H,22,23). The largest absolute Gasteiger partial charge is 0.480 e. The van der Waals surface area contributed by atoms with Crippen molar-refractivity contribution in [1.82, 2.24) is 0 Å². The quantitative estimate of drug-likeness (QED) is 0.742. The van der Waals surface area contributed by atoms with Crippen LogP contribution in [0.2, 0.25) is 0 Å². The van der Waals surface area contributed by atoms with Gasteiger partial charge in [-0.2, -0.15) is 0 Å². The normalized spacial score (nSPS) is 29.3. The van der Waals surface area contributed by atoms with Gasteiger partial charge in [-0.15, -0.1) is 0 Å². The summed E-state index contributed by atoms with van der Waals surface area (Å²) >= 11 is 9.45. The zero-order chi connectivity index (χ0) is 18.0. The monoisotopic (exact) mass is 397 g/mol. The first-order chi connectivity index (χ1) is 11.9. The zero-order valence-electron chi connectivity index (χ0n) is 13.8. The number of nitrogens with two attached hydrogens (primary N) is 1. The molecule has 134 valence electrons. The minimum Gasteiger partial charge on any atom is -0.480 e. The number of nitrogens with zero attached hydrogens (tertiary/aromatic N) is 2. The van der Waals surface area contributed by atoms with Crippen molar-refractivity contribution in [2.75, 3.05) is 5.75 Å². The molecule has 0 aromatic carbocycles. The highest BCUT2D eigenvalue weighted by atomic mass is 35.5. The maximum absolute atomic E-state index is 11.0. The van der Waals surface area contributed by atoms with Crippen LogP contribution in [0.1, 0.15) is 19.8 Å². The number of carboxylic acids is 1. The van der Waals surface area contributed by atoms with Gasteiger partial charge in [0.05, 0.1) is 11.3 Å². The molecule has 5 nitrogen and oxygen atoms in total. The third-order valence-electron chi connectivity index (χ3n) is 4.26. The number of aliphatic carboxylic acids is 1. The lowest BCUT2D eigenvalue weighted by Crippen LogP contribution is -2.34. The Morgan fingerprint density at radius 1 is 1.60 bits per heavy atom. The summed E-state index contributed by atoms with van der Waals surface area (Å²) in [6, 6.07) is -0.771. The highest BCUT2D eigenvalue weighted by Gasteiger charge is 2.29. The van der Waals surface area contributed by atoms with Gasteiger partial charge in [0.1, 0.15) is 10.4 Å². The van der Waals surface area contributed by atoms with E-state index in [0.29, 0.717) is 11.7 Å². The number of rotatable bonds is 5. The van der Waals surface area contributed by atoms with Gasteiger partial charge in [0, 0.05) is 28.6 Å². The maximum Gasteiger partial charge on any atom is 0.320 e. The molecule has 3 rings (SSSR count). The van der Waals surface area contributed by atoms with Crippen molar-refractivity contribution in [3.63, 3.8) is 0 Å². The van der Waals surface area contributed by atoms with Gasteiger partial charge in [-0.3, -0.25) is 14.8 Å². The average Bonchev–Trinajstić information content (AvgIpc) is 2.97. The Kier molecular flexibility index (Phi) is 6.09. The van der Waals surface area contributed by atoms with Crippen LogP contribution in [0.3, 0.4) is 0 Å². The Balaban J connectivity index is 1.58. The summed E-state index contributed by atoms with van der Waals surface area (Å²) in [5.74, 6) is -0.0255. The lowest BCUT2D eigenvalue weighted by Gasteiger charge is -2.20. The van der Waals surface area contributed by atoms with E-state index in [1.165, 1.54) is 0 Å². The van der Waals surface area contributed by atoms with Crippen LogP contribution in [-0.4, -0.2) is 44.2 Å². The molecule has 0 bridgehead atoms. The second-order valence-corrected chi connectivity index (χ2v) is 9.08. The van der Waals surface area contributed by atoms with Crippen LogP contribution in [-0.2, 0) is 4.79 Å². The van der Waals surface area contributed by atoms with Crippen molar-refractivity contribution < 1.29 is 9.90 Å². The van der Waals surface area contributed by atoms with Crippen molar-refractivity contribution in [3.05, 3.63) is 35.0 Å². The van der Waals surface area contributed by atoms with E-state index in [-0.39, 0.29) is 12.0 Å². The van der Waals surface area contributed by atoms with Crippen molar-refractivity contribution >= 4 is 51.2 Å². The van der Waals surface area contributed by atoms with E-state index in [9.17, 15) is 4.79 Å². The fraction of sp³-hybridized carbons (Fsp3) is 0.471. The van der Waals surface area contributed by atoms with Crippen LogP contribution in [0.25, 0.3) is 0 Å². The topological polar surface area (TPSA) is 88.0 Å². The molecule has 1 aliphatic carbocycles. The maximum atomic E-state index is 11.0. The second kappa shape index (κ2) is 8.12. The summed E-state index contributed by atoms with van der Waals surface area (Å²) in [6.07, 6.45) is 9.29. The number of carbonyl (C=O) groups is 1. The molecule has 0 saturated heterocycles. The highest BCUT2D eigenvalue weighted by molar-refractivity contribution is 8.39. The van der Waals surface area contributed by atoms with Gasteiger partial charge in [-0.25, -0.2) is 0 Å². The third kappa shape index (κ3) is 4.78. The van der Waals surface area contributed by atoms with E-state index < -0.39 is 12.0 Å². The SMILES string of the molecule is CC1CC=C(CSC2=NC3C=C(Cl)C=CC3S2)N=C1CC(N)C(=O)O. The molecule has 0 aromatic rings. The van der Waals surface area contributed by atoms with Crippen molar-refractivity contribution in [2.24, 2.45) is 21.6 Å². The minimum atomic E-state index is -0.987. The van der Waals surface area contributed by atoms with Gasteiger partial charge in [0.25, 0.3) is 0 Å². The Morgan fingerprint density at radius 3 is 3.16 bits per heavy atom. The summed E-state index contributed by atoms with van der Waals surface area (Å²) < 4.78 is 1.04. The number of fused-ring (bicyclic) bond motifs is 1. The van der Waals surface area contributed by atoms with Gasteiger partial charge in [0.15, 0.2) is 0 Å². The number of thioether (sulfide) groups is 2. The van der Waals surface area contributed by atoms with Crippen molar-refractivity contribution in [3.8, 4) is 0 Å². The molecule has 8 heteroatoms. The number of hydrogen-bond donors (Lipinski definition) is 2. The van der Waals surface area contributed by atoms with Crippen LogP contribution in [0, 0.1) is 5.92 Å². The molecule has 0 spiro atoms. The fourth-order valence-electron chi connectivity index (χ4n) is 2.75. The number of halogens is 1. The van der Waals surface area contributed by atoms with Gasteiger partial charge in [-0.1, -0.05) is 54.2 Å². The Bertz CT molecular complexity index is 715. The summed E-state index contributed by atoms with van der Waals surface area (Å²) in [5, 5.41) is 10.1. The van der Waals surface area contributed by atoms with Crippen LogP contribution >= 0.6 is 35.1 Å². The molecule has 2 aliphatic heterocycles. The molecule has 2 heterocycles. The van der Waals surface area contributed by atoms with Crippen LogP contribution in [0.4, 0.5) is 0 Å². The van der Waals surface area contributed by atoms with Crippen molar-refractivity contribution in [1.29, 1.82) is 0 Å². The second-order valence-electron chi connectivity index (χ2n) is 6.25. The number of hydrogen-bond acceptors (Lipinski definition) is 6. The molecule has 4 unspecified atom stereocenters. The first-order valence-corrected chi connectivity index (χ1v) is 10.3. The van der Waals surface area contributed by atoms with Gasteiger partial charge in [-0.05, 0) is 24.5 Å². The molecule has 0 amide bonds. The van der Waals surface area contributed by atoms with Crippen molar-refractivity contribution in [2.45, 2.75) is 37.1 Å². The summed E-state index contributed by atoms with van der Waals surface area (Å²) in [6.45, 7) is 2.05. The Labute approximate surface area is 160 Å². The molecule has 25 heavy (non-hydrogen) atoms. The van der Waals surface area contributed by atoms with Gasteiger partial charge >= 0.3 is 5.97 Å². The average molecular weight is 398 g/mol. The number of allylic oxidation sites excluding steroid dienone is 3. The van der Waals surface area contributed by atoms with Gasteiger partial charge < -0.3 is 10.8 Å². The Morgan fingerprint density at radius 2 is 2.40 bits per heavy atom. The third-order valence-corrected chi connectivity index (χ3v) is 6.96. The fourth-order valence-corrected chi connectivity index (χ4v) is 5.23. The predicted octanol–water partition coefficient (Wildman–Crippen LogP) is 3.42. The Hall–Kier alpha value is -1.02. The summed E-state index contributed by atoms with van der Waals surface area (Å²) in [5.41, 5.74) is 7.50. The van der Waals surface area contributed by atoms with E-state index in [2.05, 4.69) is 24.1 Å².